The standard InChI is InChI=1S/C30H18Br3N3O3/c31-21-9-12-27-20(13-21)14-28(39-27)29-35-26-4-2-1-3-24(26)30(37)36(29)34-16-18-5-10-23(11-6-18)38-17-19-7-8-22(32)15-25(19)33/h1-16H,17H2. The van der Waals surface area contributed by atoms with Crippen molar-refractivity contribution < 1.29 is 9.15 Å². The maximum atomic E-state index is 13.5. The minimum Gasteiger partial charge on any atom is -0.489 e. The predicted octanol–water partition coefficient (Wildman–Crippen LogP) is 8.56. The van der Waals surface area contributed by atoms with E-state index in [1.165, 1.54) is 4.68 Å². The lowest BCUT2D eigenvalue weighted by Gasteiger charge is -2.09. The molecule has 0 fully saturated rings. The molecule has 0 unspecified atom stereocenters. The maximum Gasteiger partial charge on any atom is 0.282 e. The number of para-hydroxylation sites is 1. The van der Waals surface area contributed by atoms with Crippen molar-refractivity contribution in [1.82, 2.24) is 9.66 Å². The van der Waals surface area contributed by atoms with Gasteiger partial charge in [-0.15, -0.1) is 0 Å². The summed E-state index contributed by atoms with van der Waals surface area (Å²) in [5, 5.41) is 5.89. The highest BCUT2D eigenvalue weighted by molar-refractivity contribution is 9.11. The lowest BCUT2D eigenvalue weighted by molar-refractivity contribution is 0.305. The lowest BCUT2D eigenvalue weighted by atomic mass is 10.2. The van der Waals surface area contributed by atoms with E-state index in [9.17, 15) is 4.79 Å². The molecule has 6 aromatic rings. The van der Waals surface area contributed by atoms with Crippen LogP contribution in [0.3, 0.4) is 0 Å². The third kappa shape index (κ3) is 5.48. The molecular weight excluding hydrogens is 690 g/mol. The number of aromatic nitrogens is 2. The van der Waals surface area contributed by atoms with E-state index in [0.29, 0.717) is 34.7 Å². The summed E-state index contributed by atoms with van der Waals surface area (Å²) in [4.78, 5) is 18.2. The van der Waals surface area contributed by atoms with Gasteiger partial charge in [-0.1, -0.05) is 66.0 Å². The molecule has 2 heterocycles. The van der Waals surface area contributed by atoms with E-state index < -0.39 is 0 Å². The molecule has 192 valence electrons. The van der Waals surface area contributed by atoms with Crippen LogP contribution >= 0.6 is 47.8 Å². The second-order valence-corrected chi connectivity index (χ2v) is 11.4. The first kappa shape index (κ1) is 25.7. The van der Waals surface area contributed by atoms with Gasteiger partial charge >= 0.3 is 0 Å². The van der Waals surface area contributed by atoms with E-state index in [4.69, 9.17) is 14.1 Å². The van der Waals surface area contributed by atoms with E-state index in [2.05, 4.69) is 52.9 Å². The second kappa shape index (κ2) is 10.9. The number of halogens is 3. The van der Waals surface area contributed by atoms with Crippen LogP contribution in [0.15, 0.2) is 119 Å². The molecule has 0 aliphatic carbocycles. The fraction of sp³-hybridized carbons (Fsp3) is 0.0333. The van der Waals surface area contributed by atoms with Gasteiger partial charge in [0.1, 0.15) is 17.9 Å². The van der Waals surface area contributed by atoms with Crippen LogP contribution in [0.4, 0.5) is 0 Å². The van der Waals surface area contributed by atoms with Crippen LogP contribution in [-0.4, -0.2) is 15.9 Å². The summed E-state index contributed by atoms with van der Waals surface area (Å²) in [6, 6.07) is 28.3. The Kier molecular flexibility index (Phi) is 7.20. The van der Waals surface area contributed by atoms with Gasteiger partial charge in [0.25, 0.3) is 5.56 Å². The van der Waals surface area contributed by atoms with Crippen molar-refractivity contribution in [3.05, 3.63) is 126 Å². The minimum absolute atomic E-state index is 0.284. The average molecular weight is 708 g/mol. The number of benzene rings is 4. The Hall–Kier alpha value is -3.53. The molecule has 0 N–H and O–H groups in total. The first-order valence-electron chi connectivity index (χ1n) is 11.9. The van der Waals surface area contributed by atoms with Crippen LogP contribution in [0.5, 0.6) is 5.75 Å². The van der Waals surface area contributed by atoms with Gasteiger partial charge in [0.15, 0.2) is 5.76 Å². The van der Waals surface area contributed by atoms with Crippen LogP contribution in [-0.2, 0) is 6.61 Å². The van der Waals surface area contributed by atoms with E-state index in [1.807, 2.05) is 78.9 Å². The lowest BCUT2D eigenvalue weighted by Crippen LogP contribution is -2.20. The van der Waals surface area contributed by atoms with Crippen molar-refractivity contribution in [2.24, 2.45) is 5.10 Å². The molecule has 9 heteroatoms. The Balaban J connectivity index is 1.32. The molecular formula is C30H18Br3N3O3. The van der Waals surface area contributed by atoms with Gasteiger partial charge in [0.2, 0.25) is 5.82 Å². The van der Waals surface area contributed by atoms with Gasteiger partial charge < -0.3 is 9.15 Å². The summed E-state index contributed by atoms with van der Waals surface area (Å²) >= 11 is 10.5. The topological polar surface area (TPSA) is 69.6 Å². The largest absolute Gasteiger partial charge is 0.489 e. The minimum atomic E-state index is -0.284. The average Bonchev–Trinajstić information content (AvgIpc) is 3.36. The quantitative estimate of drug-likeness (QED) is 0.163. The number of hydrogen-bond donors (Lipinski definition) is 0. The highest BCUT2D eigenvalue weighted by Gasteiger charge is 2.16. The predicted molar refractivity (Wildman–Crippen MR) is 165 cm³/mol. The van der Waals surface area contributed by atoms with Crippen molar-refractivity contribution in [2.45, 2.75) is 6.61 Å². The van der Waals surface area contributed by atoms with Gasteiger partial charge in [-0.05, 0) is 78.4 Å². The summed E-state index contributed by atoms with van der Waals surface area (Å²) in [7, 11) is 0. The highest BCUT2D eigenvalue weighted by Crippen LogP contribution is 2.29. The zero-order valence-electron chi connectivity index (χ0n) is 20.1. The summed E-state index contributed by atoms with van der Waals surface area (Å²) in [6.45, 7) is 0.427. The molecule has 0 radical (unpaired) electrons. The SMILES string of the molecule is O=c1c2ccccc2nc(-c2cc3cc(Br)ccc3o2)n1N=Cc1ccc(OCc2ccc(Br)cc2Br)cc1. The number of hydrogen-bond acceptors (Lipinski definition) is 5. The third-order valence-corrected chi connectivity index (χ3v) is 7.79. The van der Waals surface area contributed by atoms with Crippen molar-refractivity contribution in [2.75, 3.05) is 0 Å². The molecule has 0 saturated carbocycles. The Morgan fingerprint density at radius 2 is 1.67 bits per heavy atom. The van der Waals surface area contributed by atoms with Crippen molar-refractivity contribution >= 4 is 75.9 Å². The van der Waals surface area contributed by atoms with Gasteiger partial charge in [0, 0.05) is 24.4 Å². The molecule has 6 nitrogen and oxygen atoms in total. The monoisotopic (exact) mass is 705 g/mol. The van der Waals surface area contributed by atoms with E-state index in [0.717, 1.165) is 35.7 Å². The molecule has 0 aliphatic heterocycles. The smallest absolute Gasteiger partial charge is 0.282 e. The number of ether oxygens (including phenoxy) is 1. The molecule has 0 aliphatic rings. The van der Waals surface area contributed by atoms with Crippen LogP contribution in [0.1, 0.15) is 11.1 Å². The van der Waals surface area contributed by atoms with Crippen molar-refractivity contribution in [3.8, 4) is 17.3 Å². The Labute approximate surface area is 248 Å². The Morgan fingerprint density at radius 1 is 0.897 bits per heavy atom. The zero-order chi connectivity index (χ0) is 26.9. The summed E-state index contributed by atoms with van der Waals surface area (Å²) in [5.41, 5.74) is 2.82. The van der Waals surface area contributed by atoms with Crippen molar-refractivity contribution in [3.63, 3.8) is 0 Å². The van der Waals surface area contributed by atoms with Gasteiger partial charge in [-0.25, -0.2) is 4.98 Å². The van der Waals surface area contributed by atoms with Crippen LogP contribution in [0.2, 0.25) is 0 Å². The first-order chi connectivity index (χ1) is 18.9. The molecule has 0 saturated heterocycles. The van der Waals surface area contributed by atoms with Crippen molar-refractivity contribution in [1.29, 1.82) is 0 Å². The maximum absolute atomic E-state index is 13.5. The second-order valence-electron chi connectivity index (χ2n) is 8.70. The summed E-state index contributed by atoms with van der Waals surface area (Å²) in [6.07, 6.45) is 1.62. The van der Waals surface area contributed by atoms with Gasteiger partial charge in [-0.2, -0.15) is 9.78 Å². The normalized spacial score (nSPS) is 11.6. The number of furan rings is 1. The molecule has 6 rings (SSSR count). The van der Waals surface area contributed by atoms with E-state index in [1.54, 1.807) is 18.3 Å². The van der Waals surface area contributed by atoms with E-state index >= 15 is 0 Å². The fourth-order valence-electron chi connectivity index (χ4n) is 4.09. The van der Waals surface area contributed by atoms with E-state index in [-0.39, 0.29) is 5.56 Å². The van der Waals surface area contributed by atoms with Crippen LogP contribution < -0.4 is 10.3 Å². The highest BCUT2D eigenvalue weighted by atomic mass is 79.9. The molecule has 0 amide bonds. The first-order valence-corrected chi connectivity index (χ1v) is 14.2. The van der Waals surface area contributed by atoms with Gasteiger partial charge in [0.05, 0.1) is 17.1 Å². The zero-order valence-corrected chi connectivity index (χ0v) is 24.9. The third-order valence-electron chi connectivity index (χ3n) is 6.06. The summed E-state index contributed by atoms with van der Waals surface area (Å²) < 4.78 is 16.2. The van der Waals surface area contributed by atoms with Crippen LogP contribution in [0.25, 0.3) is 33.5 Å². The molecule has 0 atom stereocenters. The number of fused-ring (bicyclic) bond motifs is 2. The Morgan fingerprint density at radius 3 is 2.49 bits per heavy atom. The van der Waals surface area contributed by atoms with Crippen LogP contribution in [0, 0.1) is 0 Å². The van der Waals surface area contributed by atoms with Gasteiger partial charge in [-0.3, -0.25) is 4.79 Å². The molecule has 0 spiro atoms. The molecule has 0 bridgehead atoms. The molecule has 2 aromatic heterocycles. The molecule has 4 aromatic carbocycles. The number of nitrogens with zero attached hydrogens (tertiary/aromatic N) is 3. The number of rotatable bonds is 6. The Bertz CT molecular complexity index is 1930. The molecule has 39 heavy (non-hydrogen) atoms. The fourth-order valence-corrected chi connectivity index (χ4v) is 5.63. The summed E-state index contributed by atoms with van der Waals surface area (Å²) in [5.74, 6) is 1.49.